The zero-order valence-corrected chi connectivity index (χ0v) is 26.7. The number of carbonyl (C=O) groups is 2. The largest absolute Gasteiger partial charge is 0.426 e. The Morgan fingerprint density at radius 2 is 1.18 bits per heavy atom. The number of hydrogen-bond donors (Lipinski definition) is 0. The lowest BCUT2D eigenvalue weighted by Crippen LogP contribution is -2.33. The van der Waals surface area contributed by atoms with Gasteiger partial charge in [-0.1, -0.05) is 72.8 Å². The van der Waals surface area contributed by atoms with Crippen LogP contribution in [0.15, 0.2) is 140 Å². The molecule has 0 radical (unpaired) electrons. The number of allylic oxidation sites excluding steroid dienone is 1. The summed E-state index contributed by atoms with van der Waals surface area (Å²) in [5.74, 6) is 0.291. The highest BCUT2D eigenvalue weighted by molar-refractivity contribution is 7.95. The van der Waals surface area contributed by atoms with E-state index in [1.165, 1.54) is 29.8 Å². The predicted octanol–water partition coefficient (Wildman–Crippen LogP) is 7.86. The summed E-state index contributed by atoms with van der Waals surface area (Å²) in [5, 5.41) is 4.00. The zero-order valence-electron chi connectivity index (χ0n) is 25.8. The van der Waals surface area contributed by atoms with Crippen LogP contribution in [0.25, 0.3) is 11.1 Å². The molecule has 0 fully saturated rings. The van der Waals surface area contributed by atoms with Gasteiger partial charge in [-0.25, -0.2) is 0 Å². The number of carbonyl (C=O) groups excluding carboxylic acids is 2. The second kappa shape index (κ2) is 14.8. The van der Waals surface area contributed by atoms with Crippen LogP contribution in [0.3, 0.4) is 0 Å². The van der Waals surface area contributed by atoms with Crippen molar-refractivity contribution in [2.45, 2.75) is 33.1 Å². The smallest absolute Gasteiger partial charge is 0.308 e. The van der Waals surface area contributed by atoms with Crippen molar-refractivity contribution in [1.29, 1.82) is 0 Å². The minimum absolute atomic E-state index is 0.364. The van der Waals surface area contributed by atoms with E-state index in [4.69, 9.17) is 9.47 Å². The lowest BCUT2D eigenvalue weighted by Gasteiger charge is -2.28. The monoisotopic (exact) mass is 613 g/mol. The van der Waals surface area contributed by atoms with Crippen molar-refractivity contribution >= 4 is 35.1 Å². The highest BCUT2D eigenvalue weighted by atomic mass is 31.2. The van der Waals surface area contributed by atoms with Crippen molar-refractivity contribution in [2.75, 3.05) is 6.16 Å². The highest BCUT2D eigenvalue weighted by Gasteiger charge is 2.44. The number of hydrogen-bond acceptors (Lipinski definition) is 4. The maximum atomic E-state index is 12.1. The molecule has 5 aromatic carbocycles. The van der Waals surface area contributed by atoms with E-state index in [2.05, 4.69) is 104 Å². The first-order valence-corrected chi connectivity index (χ1v) is 17.2. The molecule has 5 aromatic rings. The van der Waals surface area contributed by atoms with Crippen molar-refractivity contribution in [2.24, 2.45) is 0 Å². The van der Waals surface area contributed by atoms with Crippen LogP contribution >= 0.6 is 7.26 Å². The number of ether oxygens (including phenoxy) is 2. The van der Waals surface area contributed by atoms with Gasteiger partial charge in [0.2, 0.25) is 0 Å². The molecule has 45 heavy (non-hydrogen) atoms. The average molecular weight is 614 g/mol. The Bertz CT molecular complexity index is 1670. The van der Waals surface area contributed by atoms with Crippen LogP contribution in [0, 0.1) is 0 Å². The van der Waals surface area contributed by atoms with E-state index in [-0.39, 0.29) is 11.9 Å². The van der Waals surface area contributed by atoms with Gasteiger partial charge in [-0.3, -0.25) is 9.59 Å². The summed E-state index contributed by atoms with van der Waals surface area (Å²) >= 11 is 0. The first kappa shape index (κ1) is 31.6. The average Bonchev–Trinajstić information content (AvgIpc) is 3.05. The second-order valence-corrected chi connectivity index (χ2v) is 14.6. The number of rotatable bonds is 12. The van der Waals surface area contributed by atoms with Crippen molar-refractivity contribution in [3.05, 3.63) is 151 Å². The van der Waals surface area contributed by atoms with Gasteiger partial charge < -0.3 is 9.47 Å². The summed E-state index contributed by atoms with van der Waals surface area (Å²) in [7, 11) is -2.02. The van der Waals surface area contributed by atoms with Gasteiger partial charge in [0.05, 0.1) is 6.16 Å². The van der Waals surface area contributed by atoms with Gasteiger partial charge in [0.15, 0.2) is 0 Å². The lowest BCUT2D eigenvalue weighted by atomic mass is 9.97. The first-order chi connectivity index (χ1) is 21.9. The first-order valence-electron chi connectivity index (χ1n) is 15.2. The SMILES string of the molecule is C=CCc1ccc(OC(C)=O)c(-c2ccc(OC(C)=O)c(CCC[P+](c3ccccc3)(c3ccccc3)c3ccccc3)c2)c1. The van der Waals surface area contributed by atoms with Gasteiger partial charge in [0.25, 0.3) is 0 Å². The Hall–Kier alpha value is -4.79. The fourth-order valence-electron chi connectivity index (χ4n) is 5.93. The van der Waals surface area contributed by atoms with Crippen molar-refractivity contribution in [3.8, 4) is 22.6 Å². The molecule has 0 aliphatic carbocycles. The molecule has 0 spiro atoms. The number of esters is 2. The molecule has 0 saturated carbocycles. The van der Waals surface area contributed by atoms with Crippen LogP contribution in [0.2, 0.25) is 0 Å². The summed E-state index contributed by atoms with van der Waals surface area (Å²) in [6.07, 6.45) is 5.02. The van der Waals surface area contributed by atoms with Crippen molar-refractivity contribution in [1.82, 2.24) is 0 Å². The summed E-state index contributed by atoms with van der Waals surface area (Å²) in [6, 6.07) is 44.1. The molecule has 0 bridgehead atoms. The van der Waals surface area contributed by atoms with Gasteiger partial charge in [-0.05, 0) is 96.6 Å². The van der Waals surface area contributed by atoms with Crippen LogP contribution in [0.1, 0.15) is 31.4 Å². The van der Waals surface area contributed by atoms with E-state index in [0.717, 1.165) is 34.8 Å². The normalized spacial score (nSPS) is 11.1. The number of aryl methyl sites for hydroxylation is 1. The summed E-state index contributed by atoms with van der Waals surface area (Å²) in [4.78, 5) is 24.1. The predicted molar refractivity (Wildman–Crippen MR) is 187 cm³/mol. The highest BCUT2D eigenvalue weighted by Crippen LogP contribution is 2.56. The molecule has 0 aromatic heterocycles. The van der Waals surface area contributed by atoms with Crippen LogP contribution in [-0.4, -0.2) is 18.1 Å². The minimum Gasteiger partial charge on any atom is -0.426 e. The molecule has 0 unspecified atom stereocenters. The van der Waals surface area contributed by atoms with Crippen LogP contribution < -0.4 is 25.4 Å². The minimum atomic E-state index is -2.02. The summed E-state index contributed by atoms with van der Waals surface area (Å²) in [6.45, 7) is 6.69. The second-order valence-electron chi connectivity index (χ2n) is 11.0. The van der Waals surface area contributed by atoms with Gasteiger partial charge in [0.1, 0.15) is 34.7 Å². The van der Waals surface area contributed by atoms with E-state index in [1.807, 2.05) is 36.4 Å². The summed E-state index contributed by atoms with van der Waals surface area (Å²) in [5.41, 5.74) is 3.68. The van der Waals surface area contributed by atoms with E-state index in [9.17, 15) is 9.59 Å². The van der Waals surface area contributed by atoms with Crippen molar-refractivity contribution in [3.63, 3.8) is 0 Å². The third kappa shape index (κ3) is 7.48. The van der Waals surface area contributed by atoms with Crippen LogP contribution in [0.5, 0.6) is 11.5 Å². The third-order valence-electron chi connectivity index (χ3n) is 7.83. The Morgan fingerprint density at radius 3 is 1.69 bits per heavy atom. The maximum absolute atomic E-state index is 12.1. The molecule has 5 heteroatoms. The summed E-state index contributed by atoms with van der Waals surface area (Å²) < 4.78 is 11.3. The van der Waals surface area contributed by atoms with Gasteiger partial charge >= 0.3 is 11.9 Å². The topological polar surface area (TPSA) is 52.6 Å². The maximum Gasteiger partial charge on any atom is 0.308 e. The van der Waals surface area contributed by atoms with Crippen molar-refractivity contribution < 1.29 is 19.1 Å². The molecule has 0 heterocycles. The molecule has 5 rings (SSSR count). The molecule has 4 nitrogen and oxygen atoms in total. The fourth-order valence-corrected chi connectivity index (χ4v) is 10.3. The molecule has 0 atom stereocenters. The number of benzene rings is 5. The van der Waals surface area contributed by atoms with E-state index < -0.39 is 7.26 Å². The van der Waals surface area contributed by atoms with Gasteiger partial charge in [0, 0.05) is 19.4 Å². The Balaban J connectivity index is 1.56. The fraction of sp³-hybridized carbons (Fsp3) is 0.150. The third-order valence-corrected chi connectivity index (χ3v) is 12.4. The standard InChI is InChI=1S/C40H38O4P/c1-4-15-32-23-25-40(44-31(3)42)38(28-32)33-24-26-39(43-30(2)41)34(29-33)16-14-27-45(35-17-8-5-9-18-35,36-19-10-6-11-20-36)37-21-12-7-13-22-37/h4-13,17-26,28-29H,1,14-16,27H2,2-3H3/q+1. The molecule has 0 saturated heterocycles. The molecule has 226 valence electrons. The molecule has 0 N–H and O–H groups in total. The van der Waals surface area contributed by atoms with Gasteiger partial charge in [-0.15, -0.1) is 6.58 Å². The quantitative estimate of drug-likeness (QED) is 0.0622. The van der Waals surface area contributed by atoms with E-state index >= 15 is 0 Å². The van der Waals surface area contributed by atoms with Gasteiger partial charge in [-0.2, -0.15) is 0 Å². The molecule has 0 aliphatic heterocycles. The van der Waals surface area contributed by atoms with E-state index in [1.54, 1.807) is 0 Å². The van der Waals surface area contributed by atoms with Crippen LogP contribution in [0.4, 0.5) is 0 Å². The van der Waals surface area contributed by atoms with E-state index in [0.29, 0.717) is 24.3 Å². The van der Waals surface area contributed by atoms with Crippen LogP contribution in [-0.2, 0) is 22.4 Å². The molecular formula is C40H38O4P+. The molecular weight excluding hydrogens is 575 g/mol. The lowest BCUT2D eigenvalue weighted by molar-refractivity contribution is -0.132. The molecule has 0 aliphatic rings. The Morgan fingerprint density at radius 1 is 0.667 bits per heavy atom. The Labute approximate surface area is 266 Å². The Kier molecular flexibility index (Phi) is 10.4. The molecule has 0 amide bonds. The zero-order chi connectivity index (χ0) is 31.6.